The minimum atomic E-state index is -0.546. The molecule has 0 aromatic heterocycles. The number of Topliss-reactive ketones (excluding diaryl/α,β-unsaturated/α-hetero) is 1. The van der Waals surface area contributed by atoms with Gasteiger partial charge in [0.1, 0.15) is 5.82 Å². The summed E-state index contributed by atoms with van der Waals surface area (Å²) in [6.07, 6.45) is 1.09. The summed E-state index contributed by atoms with van der Waals surface area (Å²) < 4.78 is 13.0. The van der Waals surface area contributed by atoms with Crippen molar-refractivity contribution in [3.05, 3.63) is 64.4 Å². The number of nitrogens with one attached hydrogen (secondary N) is 1. The van der Waals surface area contributed by atoms with Crippen LogP contribution in [0.25, 0.3) is 0 Å². The molecular weight excluding hydrogens is 317 g/mol. The molecule has 0 spiro atoms. The molecule has 0 unspecified atom stereocenters. The molecule has 0 aliphatic rings. The van der Waals surface area contributed by atoms with Gasteiger partial charge < -0.3 is 5.32 Å². The Kier molecular flexibility index (Phi) is 5.88. The van der Waals surface area contributed by atoms with Crippen molar-refractivity contribution >= 4 is 29.0 Å². The number of amides is 1. The quantitative estimate of drug-likeness (QED) is 0.782. The lowest BCUT2D eigenvalue weighted by atomic mass is 10.0. The predicted octanol–water partition coefficient (Wildman–Crippen LogP) is 4.64. The Morgan fingerprint density at radius 1 is 1.09 bits per heavy atom. The molecule has 0 saturated carbocycles. The Bertz CT molecular complexity index is 713. The van der Waals surface area contributed by atoms with E-state index in [4.69, 9.17) is 11.6 Å². The van der Waals surface area contributed by atoms with E-state index in [0.717, 1.165) is 12.0 Å². The lowest BCUT2D eigenvalue weighted by Crippen LogP contribution is -2.13. The molecule has 3 nitrogen and oxygen atoms in total. The lowest BCUT2D eigenvalue weighted by molar-refractivity contribution is -0.116. The van der Waals surface area contributed by atoms with Crippen LogP contribution in [0.1, 0.15) is 35.7 Å². The molecule has 0 aliphatic carbocycles. The average Bonchev–Trinajstić information content (AvgIpc) is 2.56. The molecule has 0 radical (unpaired) electrons. The number of aryl methyl sites for hydroxylation is 1. The summed E-state index contributed by atoms with van der Waals surface area (Å²) in [6, 6.07) is 11.3. The van der Waals surface area contributed by atoms with Crippen LogP contribution in [0.4, 0.5) is 10.1 Å². The molecule has 2 aromatic rings. The highest BCUT2D eigenvalue weighted by molar-refractivity contribution is 6.31. The highest BCUT2D eigenvalue weighted by Gasteiger charge is 2.10. The van der Waals surface area contributed by atoms with E-state index in [-0.39, 0.29) is 29.6 Å². The van der Waals surface area contributed by atoms with Crippen LogP contribution < -0.4 is 5.32 Å². The number of hydrogen-bond donors (Lipinski definition) is 1. The van der Waals surface area contributed by atoms with Crippen LogP contribution >= 0.6 is 11.6 Å². The summed E-state index contributed by atoms with van der Waals surface area (Å²) in [4.78, 5) is 23.9. The smallest absolute Gasteiger partial charge is 0.224 e. The van der Waals surface area contributed by atoms with E-state index in [2.05, 4.69) is 5.32 Å². The number of carbonyl (C=O) groups excluding carboxylic acids is 2. The SMILES string of the molecule is CCc1ccc(C(=O)CCC(=O)Nc2ccc(F)c(Cl)c2)cc1. The summed E-state index contributed by atoms with van der Waals surface area (Å²) in [5.41, 5.74) is 2.16. The molecule has 0 bridgehead atoms. The van der Waals surface area contributed by atoms with E-state index < -0.39 is 5.82 Å². The van der Waals surface area contributed by atoms with Crippen molar-refractivity contribution in [1.82, 2.24) is 0 Å². The standard InChI is InChI=1S/C18H17ClFNO2/c1-2-12-3-5-13(6-4-12)17(22)9-10-18(23)21-14-7-8-16(20)15(19)11-14/h3-8,11H,2,9-10H2,1H3,(H,21,23). The van der Waals surface area contributed by atoms with Crippen molar-refractivity contribution in [3.8, 4) is 0 Å². The number of benzene rings is 2. The first kappa shape index (κ1) is 17.2. The first-order valence-corrected chi connectivity index (χ1v) is 7.74. The molecule has 0 atom stereocenters. The zero-order valence-corrected chi connectivity index (χ0v) is 13.5. The predicted molar refractivity (Wildman–Crippen MR) is 89.4 cm³/mol. The maximum absolute atomic E-state index is 13.0. The van der Waals surface area contributed by atoms with Crippen LogP contribution in [0.3, 0.4) is 0 Å². The summed E-state index contributed by atoms with van der Waals surface area (Å²) in [5, 5.41) is 2.53. The van der Waals surface area contributed by atoms with Crippen molar-refractivity contribution in [2.45, 2.75) is 26.2 Å². The number of rotatable bonds is 6. The third-order valence-electron chi connectivity index (χ3n) is 3.47. The fraction of sp³-hybridized carbons (Fsp3) is 0.222. The molecule has 0 heterocycles. The summed E-state index contributed by atoms with van der Waals surface area (Å²) in [6.45, 7) is 2.04. The zero-order chi connectivity index (χ0) is 16.8. The van der Waals surface area contributed by atoms with E-state index in [9.17, 15) is 14.0 Å². The normalized spacial score (nSPS) is 10.4. The topological polar surface area (TPSA) is 46.2 Å². The Balaban J connectivity index is 1.87. The molecule has 23 heavy (non-hydrogen) atoms. The average molecular weight is 334 g/mol. The maximum Gasteiger partial charge on any atom is 0.224 e. The van der Waals surface area contributed by atoms with Gasteiger partial charge in [0, 0.05) is 24.1 Å². The fourth-order valence-corrected chi connectivity index (χ4v) is 2.28. The van der Waals surface area contributed by atoms with E-state index >= 15 is 0 Å². The molecular formula is C18H17ClFNO2. The molecule has 120 valence electrons. The molecule has 0 aliphatic heterocycles. The Hall–Kier alpha value is -2.20. The lowest BCUT2D eigenvalue weighted by Gasteiger charge is -2.06. The van der Waals surface area contributed by atoms with E-state index in [1.165, 1.54) is 18.2 Å². The second kappa shape index (κ2) is 7.88. The highest BCUT2D eigenvalue weighted by Crippen LogP contribution is 2.19. The summed E-state index contributed by atoms with van der Waals surface area (Å²) in [5.74, 6) is -0.943. The van der Waals surface area contributed by atoms with Crippen molar-refractivity contribution in [3.63, 3.8) is 0 Å². The summed E-state index contributed by atoms with van der Waals surface area (Å²) in [7, 11) is 0. The van der Waals surface area contributed by atoms with E-state index in [1.54, 1.807) is 12.1 Å². The number of ketones is 1. The number of hydrogen-bond acceptors (Lipinski definition) is 2. The van der Waals surface area contributed by atoms with E-state index in [0.29, 0.717) is 11.3 Å². The Labute approximate surface area is 139 Å². The van der Waals surface area contributed by atoms with Gasteiger partial charge in [0.15, 0.2) is 5.78 Å². The van der Waals surface area contributed by atoms with Crippen molar-refractivity contribution in [1.29, 1.82) is 0 Å². The highest BCUT2D eigenvalue weighted by atomic mass is 35.5. The van der Waals surface area contributed by atoms with Gasteiger partial charge in [0.05, 0.1) is 5.02 Å². The largest absolute Gasteiger partial charge is 0.326 e. The van der Waals surface area contributed by atoms with Gasteiger partial charge in [-0.05, 0) is 30.2 Å². The van der Waals surface area contributed by atoms with Gasteiger partial charge in [-0.25, -0.2) is 4.39 Å². The van der Waals surface area contributed by atoms with Gasteiger partial charge in [-0.2, -0.15) is 0 Å². The van der Waals surface area contributed by atoms with E-state index in [1.807, 2.05) is 19.1 Å². The number of carbonyl (C=O) groups is 2. The van der Waals surface area contributed by atoms with Gasteiger partial charge in [-0.3, -0.25) is 9.59 Å². The van der Waals surface area contributed by atoms with Gasteiger partial charge in [0.25, 0.3) is 0 Å². The third kappa shape index (κ3) is 4.89. The molecule has 5 heteroatoms. The van der Waals surface area contributed by atoms with Gasteiger partial charge >= 0.3 is 0 Å². The van der Waals surface area contributed by atoms with Crippen LogP contribution in [0, 0.1) is 5.82 Å². The molecule has 0 saturated heterocycles. The molecule has 2 aromatic carbocycles. The molecule has 2 rings (SSSR count). The van der Waals surface area contributed by atoms with Crippen molar-refractivity contribution < 1.29 is 14.0 Å². The maximum atomic E-state index is 13.0. The van der Waals surface area contributed by atoms with Crippen LogP contribution in [0.5, 0.6) is 0 Å². The second-order valence-corrected chi connectivity index (χ2v) is 5.56. The molecule has 0 fully saturated rings. The zero-order valence-electron chi connectivity index (χ0n) is 12.7. The van der Waals surface area contributed by atoms with Crippen LogP contribution in [-0.2, 0) is 11.2 Å². The first-order chi connectivity index (χ1) is 11.0. The Morgan fingerprint density at radius 2 is 1.78 bits per heavy atom. The molecule has 1 amide bonds. The van der Waals surface area contributed by atoms with Crippen LogP contribution in [0.15, 0.2) is 42.5 Å². The first-order valence-electron chi connectivity index (χ1n) is 7.36. The van der Waals surface area contributed by atoms with Crippen LogP contribution in [0.2, 0.25) is 5.02 Å². The minimum absolute atomic E-state index is 0.0589. The van der Waals surface area contributed by atoms with Crippen LogP contribution in [-0.4, -0.2) is 11.7 Å². The summed E-state index contributed by atoms with van der Waals surface area (Å²) >= 11 is 5.65. The third-order valence-corrected chi connectivity index (χ3v) is 3.76. The van der Waals surface area contributed by atoms with Gasteiger partial charge in [0.2, 0.25) is 5.91 Å². The number of anilines is 1. The fourth-order valence-electron chi connectivity index (χ4n) is 2.10. The van der Waals surface area contributed by atoms with Crippen molar-refractivity contribution in [2.24, 2.45) is 0 Å². The monoisotopic (exact) mass is 333 g/mol. The van der Waals surface area contributed by atoms with Gasteiger partial charge in [-0.15, -0.1) is 0 Å². The Morgan fingerprint density at radius 3 is 2.39 bits per heavy atom. The number of halogens is 2. The minimum Gasteiger partial charge on any atom is -0.326 e. The molecule has 1 N–H and O–H groups in total. The van der Waals surface area contributed by atoms with Gasteiger partial charge in [-0.1, -0.05) is 42.8 Å². The second-order valence-electron chi connectivity index (χ2n) is 5.15. The van der Waals surface area contributed by atoms with Crippen molar-refractivity contribution in [2.75, 3.05) is 5.32 Å².